The number of rotatable bonds is 5. The number of anilines is 1. The van der Waals surface area contributed by atoms with Crippen LogP contribution in [0.1, 0.15) is 32.3 Å². The van der Waals surface area contributed by atoms with Crippen LogP contribution in [0.25, 0.3) is 0 Å². The number of carbonyl (C=O) groups is 3. The first-order chi connectivity index (χ1) is 13.6. The van der Waals surface area contributed by atoms with Crippen LogP contribution in [0.3, 0.4) is 0 Å². The van der Waals surface area contributed by atoms with Crippen molar-refractivity contribution in [2.24, 2.45) is 0 Å². The fourth-order valence-corrected chi connectivity index (χ4v) is 5.19. The number of likely N-dealkylation sites (N-methyl/N-ethyl adjacent to an activating group) is 1. The second kappa shape index (κ2) is 7.89. The number of thioether (sulfide) groups is 1. The van der Waals surface area contributed by atoms with Crippen LogP contribution in [0.2, 0.25) is 0 Å². The maximum absolute atomic E-state index is 13.1. The van der Waals surface area contributed by atoms with Gasteiger partial charge in [0.2, 0.25) is 17.7 Å². The highest BCUT2D eigenvalue weighted by molar-refractivity contribution is 8.01. The lowest BCUT2D eigenvalue weighted by Crippen LogP contribution is -2.52. The van der Waals surface area contributed by atoms with Crippen LogP contribution in [0, 0.1) is 0 Å². The molecule has 2 atom stereocenters. The van der Waals surface area contributed by atoms with E-state index in [1.54, 1.807) is 23.6 Å². The molecule has 0 spiro atoms. The number of hydrogen-bond donors (Lipinski definition) is 1. The van der Waals surface area contributed by atoms with Crippen LogP contribution < -0.4 is 5.32 Å². The van der Waals surface area contributed by atoms with Gasteiger partial charge < -0.3 is 15.1 Å². The average molecular weight is 429 g/mol. The normalized spacial score (nSPS) is 23.8. The van der Waals surface area contributed by atoms with E-state index in [-0.39, 0.29) is 30.6 Å². The second-order valence-corrected chi connectivity index (χ2v) is 8.71. The van der Waals surface area contributed by atoms with Gasteiger partial charge in [-0.3, -0.25) is 14.4 Å². The molecule has 2 aliphatic rings. The van der Waals surface area contributed by atoms with Crippen molar-refractivity contribution in [1.29, 1.82) is 0 Å². The molecule has 1 N–H and O–H groups in total. The van der Waals surface area contributed by atoms with E-state index in [2.05, 4.69) is 5.32 Å². The molecule has 0 saturated carbocycles. The number of halogens is 3. The number of nitrogens with zero attached hydrogens (tertiary/aromatic N) is 2. The third-order valence-electron chi connectivity index (χ3n) is 5.26. The molecule has 2 saturated heterocycles. The Hall–Kier alpha value is -2.23. The average Bonchev–Trinajstić information content (AvgIpc) is 3.14. The molecule has 158 valence electrons. The Balaban J connectivity index is 1.70. The quantitative estimate of drug-likeness (QED) is 0.782. The maximum Gasteiger partial charge on any atom is 0.418 e. The molecule has 1 aromatic carbocycles. The molecule has 2 heterocycles. The van der Waals surface area contributed by atoms with Crippen molar-refractivity contribution < 1.29 is 27.6 Å². The molecule has 29 heavy (non-hydrogen) atoms. The molecule has 0 aromatic heterocycles. The van der Waals surface area contributed by atoms with Crippen molar-refractivity contribution in [1.82, 2.24) is 9.80 Å². The Kier molecular flexibility index (Phi) is 5.84. The fraction of sp³-hybridized carbons (Fsp3) is 0.526. The summed E-state index contributed by atoms with van der Waals surface area (Å²) in [6.45, 7) is 3.42. The number of benzene rings is 1. The van der Waals surface area contributed by atoms with Crippen molar-refractivity contribution in [3.63, 3.8) is 0 Å². The zero-order chi connectivity index (χ0) is 21.4. The number of fused-ring (bicyclic) bond motifs is 1. The van der Waals surface area contributed by atoms with Crippen LogP contribution in [-0.2, 0) is 20.6 Å². The predicted molar refractivity (Wildman–Crippen MR) is 103 cm³/mol. The smallest absolute Gasteiger partial charge is 0.332 e. The third-order valence-corrected chi connectivity index (χ3v) is 6.77. The first-order valence-corrected chi connectivity index (χ1v) is 10.3. The van der Waals surface area contributed by atoms with Gasteiger partial charge in [-0.2, -0.15) is 13.2 Å². The SMILES string of the molecule is CCN(CC(=O)Nc1ccccc1C(F)(F)F)C(=O)[C@H]1CS[C@]2(C)CCC(=O)N12. The Morgan fingerprint density at radius 2 is 2.03 bits per heavy atom. The molecule has 6 nitrogen and oxygen atoms in total. The summed E-state index contributed by atoms with van der Waals surface area (Å²) in [7, 11) is 0. The van der Waals surface area contributed by atoms with E-state index in [9.17, 15) is 27.6 Å². The van der Waals surface area contributed by atoms with Crippen molar-refractivity contribution in [3.05, 3.63) is 29.8 Å². The van der Waals surface area contributed by atoms with Crippen LogP contribution >= 0.6 is 11.8 Å². The minimum Gasteiger partial charge on any atom is -0.332 e. The van der Waals surface area contributed by atoms with Crippen molar-refractivity contribution in [2.45, 2.75) is 43.8 Å². The van der Waals surface area contributed by atoms with E-state index >= 15 is 0 Å². The van der Waals surface area contributed by atoms with E-state index < -0.39 is 28.6 Å². The summed E-state index contributed by atoms with van der Waals surface area (Å²) in [5.41, 5.74) is -1.31. The number of hydrogen-bond acceptors (Lipinski definition) is 4. The number of nitrogens with one attached hydrogen (secondary N) is 1. The van der Waals surface area contributed by atoms with E-state index in [0.29, 0.717) is 18.6 Å². The zero-order valence-electron chi connectivity index (χ0n) is 16.1. The molecule has 0 radical (unpaired) electrons. The van der Waals surface area contributed by atoms with Gasteiger partial charge in [-0.25, -0.2) is 0 Å². The first-order valence-electron chi connectivity index (χ1n) is 9.28. The van der Waals surface area contributed by atoms with Gasteiger partial charge in [0.05, 0.1) is 22.7 Å². The standard InChI is InChI=1S/C19H22F3N3O3S/c1-3-24(17(28)14-11-29-18(2)9-8-16(27)25(14)18)10-15(26)23-13-7-5-4-6-12(13)19(20,21)22/h4-7,14H,3,8-11H2,1-2H3,(H,23,26)/t14-,18-/m1/s1. The lowest BCUT2D eigenvalue weighted by Gasteiger charge is -2.32. The van der Waals surface area contributed by atoms with Crippen molar-refractivity contribution >= 4 is 35.2 Å². The highest BCUT2D eigenvalue weighted by Gasteiger charge is 2.53. The van der Waals surface area contributed by atoms with Crippen molar-refractivity contribution in [3.8, 4) is 0 Å². The van der Waals surface area contributed by atoms with Gasteiger partial charge in [0, 0.05) is 18.7 Å². The molecule has 2 aliphatic heterocycles. The minimum absolute atomic E-state index is 0.0875. The Morgan fingerprint density at radius 3 is 2.69 bits per heavy atom. The molecule has 3 rings (SSSR count). The molecule has 0 unspecified atom stereocenters. The van der Waals surface area contributed by atoms with Gasteiger partial charge >= 0.3 is 6.18 Å². The Morgan fingerprint density at radius 1 is 1.34 bits per heavy atom. The van der Waals surface area contributed by atoms with E-state index in [0.717, 1.165) is 6.07 Å². The van der Waals surface area contributed by atoms with Gasteiger partial charge in [0.25, 0.3) is 0 Å². The van der Waals surface area contributed by atoms with Gasteiger partial charge in [-0.1, -0.05) is 12.1 Å². The number of amides is 3. The van der Waals surface area contributed by atoms with Crippen LogP contribution in [-0.4, -0.2) is 57.3 Å². The maximum atomic E-state index is 13.1. The van der Waals surface area contributed by atoms with Crippen LogP contribution in [0.4, 0.5) is 18.9 Å². The molecule has 1 aromatic rings. The Bertz CT molecular complexity index is 832. The molecule has 0 bridgehead atoms. The van der Waals surface area contributed by atoms with Crippen LogP contribution in [0.15, 0.2) is 24.3 Å². The highest BCUT2D eigenvalue weighted by atomic mass is 32.2. The summed E-state index contributed by atoms with van der Waals surface area (Å²) in [5.74, 6) is -0.734. The van der Waals surface area contributed by atoms with Gasteiger partial charge in [-0.05, 0) is 32.4 Å². The van der Waals surface area contributed by atoms with Gasteiger partial charge in [0.15, 0.2) is 0 Å². The highest BCUT2D eigenvalue weighted by Crippen LogP contribution is 2.47. The molecule has 3 amide bonds. The monoisotopic (exact) mass is 429 g/mol. The second-order valence-electron chi connectivity index (χ2n) is 7.21. The number of carbonyl (C=O) groups excluding carboxylic acids is 3. The largest absolute Gasteiger partial charge is 0.418 e. The summed E-state index contributed by atoms with van der Waals surface area (Å²) in [4.78, 5) is 40.1. The van der Waals surface area contributed by atoms with Gasteiger partial charge in [0.1, 0.15) is 6.04 Å². The van der Waals surface area contributed by atoms with Crippen LogP contribution in [0.5, 0.6) is 0 Å². The minimum atomic E-state index is -4.61. The predicted octanol–water partition coefficient (Wildman–Crippen LogP) is 2.95. The molecule has 0 aliphatic carbocycles. The summed E-state index contributed by atoms with van der Waals surface area (Å²) in [6.07, 6.45) is -3.55. The molecular weight excluding hydrogens is 407 g/mol. The lowest BCUT2D eigenvalue weighted by atomic mass is 10.1. The summed E-state index contributed by atoms with van der Waals surface area (Å²) >= 11 is 1.54. The van der Waals surface area contributed by atoms with E-state index in [1.807, 2.05) is 6.92 Å². The number of para-hydroxylation sites is 1. The summed E-state index contributed by atoms with van der Waals surface area (Å²) < 4.78 is 39.3. The van der Waals surface area contributed by atoms with Crippen molar-refractivity contribution in [2.75, 3.05) is 24.2 Å². The Labute approximate surface area is 170 Å². The number of alkyl halides is 3. The lowest BCUT2D eigenvalue weighted by molar-refractivity contribution is -0.144. The van der Waals surface area contributed by atoms with E-state index in [1.165, 1.54) is 23.1 Å². The topological polar surface area (TPSA) is 69.7 Å². The fourth-order valence-electron chi connectivity index (χ4n) is 3.76. The first kappa shape index (κ1) is 21.5. The summed E-state index contributed by atoms with van der Waals surface area (Å²) in [6, 6.07) is 4.02. The molecule has 2 fully saturated rings. The summed E-state index contributed by atoms with van der Waals surface area (Å²) in [5, 5.41) is 2.25. The molecule has 10 heteroatoms. The van der Waals surface area contributed by atoms with Gasteiger partial charge in [-0.15, -0.1) is 11.8 Å². The molecular formula is C19H22F3N3O3S. The zero-order valence-corrected chi connectivity index (χ0v) is 16.9. The third kappa shape index (κ3) is 4.22. The van der Waals surface area contributed by atoms with E-state index in [4.69, 9.17) is 0 Å².